The lowest BCUT2D eigenvalue weighted by Gasteiger charge is -2.15. The second-order valence-corrected chi connectivity index (χ2v) is 5.61. The minimum atomic E-state index is -0.305. The van der Waals surface area contributed by atoms with Gasteiger partial charge in [-0.15, -0.1) is 0 Å². The predicted octanol–water partition coefficient (Wildman–Crippen LogP) is 3.79. The SMILES string of the molecule is C=NN(/C=C(\C)c1coc2c(C=O)c(O)ccc2c1=O)c1ccccc1. The van der Waals surface area contributed by atoms with E-state index in [2.05, 4.69) is 11.8 Å². The van der Waals surface area contributed by atoms with Gasteiger partial charge in [0.05, 0.1) is 22.2 Å². The van der Waals surface area contributed by atoms with Crippen LogP contribution in [0.2, 0.25) is 0 Å². The average Bonchev–Trinajstić information content (AvgIpc) is 2.66. The molecule has 0 spiro atoms. The van der Waals surface area contributed by atoms with Crippen molar-refractivity contribution >= 4 is 35.2 Å². The molecule has 0 radical (unpaired) electrons. The Balaban J connectivity index is 2.11. The lowest BCUT2D eigenvalue weighted by molar-refractivity contribution is 0.112. The third kappa shape index (κ3) is 3.00. The van der Waals surface area contributed by atoms with Gasteiger partial charge in [-0.1, -0.05) is 18.2 Å². The normalized spacial score (nSPS) is 11.3. The summed E-state index contributed by atoms with van der Waals surface area (Å²) in [5.74, 6) is -0.234. The summed E-state index contributed by atoms with van der Waals surface area (Å²) < 4.78 is 5.47. The van der Waals surface area contributed by atoms with Gasteiger partial charge in [-0.2, -0.15) is 5.10 Å². The molecule has 0 saturated heterocycles. The molecule has 26 heavy (non-hydrogen) atoms. The van der Waals surface area contributed by atoms with Gasteiger partial charge < -0.3 is 9.52 Å². The molecule has 0 bridgehead atoms. The van der Waals surface area contributed by atoms with Crippen molar-refractivity contribution in [2.45, 2.75) is 6.92 Å². The molecule has 0 aliphatic heterocycles. The molecule has 0 fully saturated rings. The lowest BCUT2D eigenvalue weighted by Crippen LogP contribution is -2.11. The third-order valence-electron chi connectivity index (χ3n) is 3.99. The second kappa shape index (κ2) is 7.06. The number of anilines is 1. The van der Waals surface area contributed by atoms with E-state index in [-0.39, 0.29) is 27.7 Å². The maximum Gasteiger partial charge on any atom is 0.200 e. The summed E-state index contributed by atoms with van der Waals surface area (Å²) >= 11 is 0. The van der Waals surface area contributed by atoms with Crippen LogP contribution in [-0.2, 0) is 0 Å². The van der Waals surface area contributed by atoms with E-state index in [9.17, 15) is 14.7 Å². The second-order valence-electron chi connectivity index (χ2n) is 5.61. The van der Waals surface area contributed by atoms with Crippen LogP contribution in [0.15, 0.2) is 69.2 Å². The van der Waals surface area contributed by atoms with Gasteiger partial charge in [-0.25, -0.2) is 5.01 Å². The molecule has 3 rings (SSSR count). The molecule has 2 aromatic carbocycles. The monoisotopic (exact) mass is 348 g/mol. The first-order valence-corrected chi connectivity index (χ1v) is 7.79. The van der Waals surface area contributed by atoms with Crippen molar-refractivity contribution in [1.82, 2.24) is 0 Å². The Morgan fingerprint density at radius 1 is 1.23 bits per heavy atom. The first-order chi connectivity index (χ1) is 12.6. The lowest BCUT2D eigenvalue weighted by atomic mass is 10.1. The van der Waals surface area contributed by atoms with E-state index in [0.717, 1.165) is 5.69 Å². The van der Waals surface area contributed by atoms with Gasteiger partial charge in [0.2, 0.25) is 0 Å². The van der Waals surface area contributed by atoms with Gasteiger partial charge in [0.1, 0.15) is 12.0 Å². The van der Waals surface area contributed by atoms with Gasteiger partial charge >= 0.3 is 0 Å². The van der Waals surface area contributed by atoms with Crippen molar-refractivity contribution in [3.63, 3.8) is 0 Å². The summed E-state index contributed by atoms with van der Waals surface area (Å²) in [6.45, 7) is 5.30. The molecule has 1 heterocycles. The number of hydrogen-bond acceptors (Lipinski definition) is 6. The van der Waals surface area contributed by atoms with Crippen molar-refractivity contribution in [3.8, 4) is 5.75 Å². The number of nitrogens with zero attached hydrogens (tertiary/aromatic N) is 2. The zero-order valence-electron chi connectivity index (χ0n) is 14.0. The minimum absolute atomic E-state index is 0.0496. The van der Waals surface area contributed by atoms with E-state index in [4.69, 9.17) is 4.42 Å². The standard InChI is InChI=1S/C20H16N2O4/c1-13(10-22(21-2)14-6-4-3-5-7-14)17-12-26-20-15(19(17)25)8-9-18(24)16(20)11-23/h3-12,24H,2H2,1H3/b13-10+. The number of phenolic OH excluding ortho intramolecular Hbond substituents is 1. The van der Waals surface area contributed by atoms with Crippen molar-refractivity contribution < 1.29 is 14.3 Å². The Bertz CT molecular complexity index is 1070. The van der Waals surface area contributed by atoms with Gasteiger partial charge in [0, 0.05) is 12.9 Å². The van der Waals surface area contributed by atoms with E-state index in [0.29, 0.717) is 17.4 Å². The Morgan fingerprint density at radius 3 is 2.62 bits per heavy atom. The number of carbonyl (C=O) groups excluding carboxylic acids is 1. The molecule has 3 aromatic rings. The quantitative estimate of drug-likeness (QED) is 0.431. The Morgan fingerprint density at radius 2 is 1.96 bits per heavy atom. The molecule has 0 aliphatic carbocycles. The average molecular weight is 348 g/mol. The molecule has 1 N–H and O–H groups in total. The van der Waals surface area contributed by atoms with E-state index in [1.54, 1.807) is 18.1 Å². The number of fused-ring (bicyclic) bond motifs is 1. The van der Waals surface area contributed by atoms with E-state index < -0.39 is 0 Å². The Labute approximate surface area is 149 Å². The first kappa shape index (κ1) is 17.2. The number of benzene rings is 2. The Kier molecular flexibility index (Phi) is 4.66. The molecule has 1 aromatic heterocycles. The van der Waals surface area contributed by atoms with Gasteiger partial charge in [-0.05, 0) is 36.8 Å². The molecule has 0 atom stereocenters. The number of aldehydes is 1. The molecular weight excluding hydrogens is 332 g/mol. The number of allylic oxidation sites excluding steroid dienone is 1. The topological polar surface area (TPSA) is 83.1 Å². The number of rotatable bonds is 5. The highest BCUT2D eigenvalue weighted by Gasteiger charge is 2.15. The van der Waals surface area contributed by atoms with Crippen LogP contribution < -0.4 is 10.4 Å². The smallest absolute Gasteiger partial charge is 0.200 e. The van der Waals surface area contributed by atoms with E-state index in [1.807, 2.05) is 30.3 Å². The first-order valence-electron chi connectivity index (χ1n) is 7.79. The van der Waals surface area contributed by atoms with Crippen LogP contribution in [0.25, 0.3) is 16.5 Å². The van der Waals surface area contributed by atoms with Gasteiger partial charge in [0.15, 0.2) is 17.3 Å². The van der Waals surface area contributed by atoms with Crippen molar-refractivity contribution in [1.29, 1.82) is 0 Å². The van der Waals surface area contributed by atoms with Crippen molar-refractivity contribution in [2.24, 2.45) is 5.10 Å². The fraction of sp³-hybridized carbons (Fsp3) is 0.0500. The molecule has 0 unspecified atom stereocenters. The fourth-order valence-corrected chi connectivity index (χ4v) is 2.63. The number of hydrazone groups is 1. The highest BCUT2D eigenvalue weighted by molar-refractivity contribution is 5.97. The highest BCUT2D eigenvalue weighted by atomic mass is 16.3. The van der Waals surface area contributed by atoms with Gasteiger partial charge in [-0.3, -0.25) is 9.59 Å². The summed E-state index contributed by atoms with van der Waals surface area (Å²) in [5, 5.41) is 15.4. The van der Waals surface area contributed by atoms with E-state index in [1.165, 1.54) is 18.4 Å². The van der Waals surface area contributed by atoms with Crippen LogP contribution in [-0.4, -0.2) is 18.1 Å². The molecule has 0 aliphatic rings. The minimum Gasteiger partial charge on any atom is -0.507 e. The largest absolute Gasteiger partial charge is 0.507 e. The zero-order valence-corrected chi connectivity index (χ0v) is 14.0. The maximum absolute atomic E-state index is 12.8. The Hall–Kier alpha value is -3.67. The van der Waals surface area contributed by atoms with Crippen LogP contribution in [0, 0.1) is 0 Å². The van der Waals surface area contributed by atoms with Crippen LogP contribution in [0.5, 0.6) is 5.75 Å². The van der Waals surface area contributed by atoms with E-state index >= 15 is 0 Å². The van der Waals surface area contributed by atoms with Crippen LogP contribution in [0.1, 0.15) is 22.8 Å². The summed E-state index contributed by atoms with van der Waals surface area (Å²) in [6, 6.07) is 12.1. The molecule has 0 amide bonds. The number of phenols is 1. The summed E-state index contributed by atoms with van der Waals surface area (Å²) in [6.07, 6.45) is 3.40. The summed E-state index contributed by atoms with van der Waals surface area (Å²) in [5.41, 5.74) is 1.43. The number of hydrogen-bond donors (Lipinski definition) is 1. The van der Waals surface area contributed by atoms with Gasteiger partial charge in [0.25, 0.3) is 0 Å². The van der Waals surface area contributed by atoms with Crippen molar-refractivity contribution in [2.75, 3.05) is 5.01 Å². The molecule has 130 valence electrons. The zero-order chi connectivity index (χ0) is 18.7. The van der Waals surface area contributed by atoms with Crippen LogP contribution in [0.3, 0.4) is 0 Å². The number of carbonyl (C=O) groups is 1. The molecular formula is C20H16N2O4. The predicted molar refractivity (Wildman–Crippen MR) is 102 cm³/mol. The van der Waals surface area contributed by atoms with Crippen LogP contribution in [0.4, 0.5) is 5.69 Å². The van der Waals surface area contributed by atoms with Crippen molar-refractivity contribution in [3.05, 3.63) is 76.3 Å². The summed E-state index contributed by atoms with van der Waals surface area (Å²) in [7, 11) is 0. The fourth-order valence-electron chi connectivity index (χ4n) is 2.63. The number of para-hydroxylation sites is 1. The van der Waals surface area contributed by atoms with Crippen LogP contribution >= 0.6 is 0 Å². The maximum atomic E-state index is 12.8. The number of aromatic hydroxyl groups is 1. The molecule has 6 nitrogen and oxygen atoms in total. The third-order valence-corrected chi connectivity index (χ3v) is 3.99. The molecule has 6 heteroatoms. The summed E-state index contributed by atoms with van der Waals surface area (Å²) in [4.78, 5) is 23.9. The highest BCUT2D eigenvalue weighted by Crippen LogP contribution is 2.26. The molecule has 0 saturated carbocycles.